The number of amides is 1. The molecule has 2 aromatic carbocycles. The van der Waals surface area contributed by atoms with Crippen molar-refractivity contribution < 1.29 is 13.9 Å². The summed E-state index contributed by atoms with van der Waals surface area (Å²) in [6.45, 7) is 0.639. The van der Waals surface area contributed by atoms with Crippen molar-refractivity contribution in [2.24, 2.45) is 5.92 Å². The molecule has 138 valence electrons. The zero-order chi connectivity index (χ0) is 18.8. The van der Waals surface area contributed by atoms with Gasteiger partial charge in [0.25, 0.3) is 0 Å². The first-order valence-corrected chi connectivity index (χ1v) is 8.88. The van der Waals surface area contributed by atoms with Crippen LogP contribution in [0, 0.1) is 11.7 Å². The van der Waals surface area contributed by atoms with E-state index in [1.807, 2.05) is 30.5 Å². The molecule has 1 atom stereocenters. The highest BCUT2D eigenvalue weighted by Crippen LogP contribution is 2.30. The van der Waals surface area contributed by atoms with Gasteiger partial charge in [-0.25, -0.2) is 4.39 Å². The number of hydrogen-bond donors (Lipinski definition) is 1. The predicted molar refractivity (Wildman–Crippen MR) is 101 cm³/mol. The number of nitrogens with zero attached hydrogens (tertiary/aromatic N) is 2. The monoisotopic (exact) mass is 365 g/mol. The van der Waals surface area contributed by atoms with Crippen LogP contribution in [-0.2, 0) is 11.2 Å². The summed E-state index contributed by atoms with van der Waals surface area (Å²) in [5.74, 6) is 0.114. The third-order valence-corrected chi connectivity index (χ3v) is 5.05. The van der Waals surface area contributed by atoms with Crippen LogP contribution in [0.2, 0.25) is 0 Å². The molecule has 2 heterocycles. The Morgan fingerprint density at radius 3 is 2.74 bits per heavy atom. The average molecular weight is 365 g/mol. The summed E-state index contributed by atoms with van der Waals surface area (Å²) in [6, 6.07) is 12.5. The molecule has 0 radical (unpaired) electrons. The third-order valence-electron chi connectivity index (χ3n) is 5.05. The fraction of sp³-hybridized carbons (Fsp3) is 0.238. The van der Waals surface area contributed by atoms with E-state index >= 15 is 0 Å². The van der Waals surface area contributed by atoms with Gasteiger partial charge in [0.15, 0.2) is 0 Å². The van der Waals surface area contributed by atoms with E-state index in [4.69, 9.17) is 4.74 Å². The van der Waals surface area contributed by atoms with Gasteiger partial charge in [-0.1, -0.05) is 12.1 Å². The maximum atomic E-state index is 14.1. The lowest BCUT2D eigenvalue weighted by molar-refractivity contribution is -0.120. The van der Waals surface area contributed by atoms with Gasteiger partial charge in [0.2, 0.25) is 5.91 Å². The quantitative estimate of drug-likeness (QED) is 0.748. The van der Waals surface area contributed by atoms with Crippen molar-refractivity contribution in [2.75, 3.05) is 18.6 Å². The number of ether oxygens (including phenoxy) is 1. The molecule has 1 saturated heterocycles. The van der Waals surface area contributed by atoms with Gasteiger partial charge >= 0.3 is 0 Å². The molecule has 1 aromatic heterocycles. The van der Waals surface area contributed by atoms with Crippen LogP contribution in [-0.4, -0.2) is 29.8 Å². The van der Waals surface area contributed by atoms with Crippen LogP contribution in [0.1, 0.15) is 12.0 Å². The molecular formula is C21H20FN3O2. The minimum Gasteiger partial charge on any atom is -0.497 e. The number of aromatic amines is 1. The lowest BCUT2D eigenvalue weighted by Crippen LogP contribution is -2.27. The first-order valence-electron chi connectivity index (χ1n) is 8.88. The van der Waals surface area contributed by atoms with Gasteiger partial charge in [-0.15, -0.1) is 0 Å². The maximum absolute atomic E-state index is 14.1. The van der Waals surface area contributed by atoms with Crippen LogP contribution in [0.4, 0.5) is 10.1 Å². The summed E-state index contributed by atoms with van der Waals surface area (Å²) in [6.07, 6.45) is 4.67. The highest BCUT2D eigenvalue weighted by molar-refractivity contribution is 5.97. The molecule has 0 spiro atoms. The smallest absolute Gasteiger partial charge is 0.230 e. The molecule has 0 bridgehead atoms. The third kappa shape index (κ3) is 3.43. The Kier molecular flexibility index (Phi) is 4.62. The number of rotatable bonds is 5. The van der Waals surface area contributed by atoms with Crippen molar-refractivity contribution in [3.05, 3.63) is 66.2 Å². The molecule has 27 heavy (non-hydrogen) atoms. The van der Waals surface area contributed by atoms with Gasteiger partial charge in [-0.2, -0.15) is 5.10 Å². The van der Waals surface area contributed by atoms with Gasteiger partial charge in [-0.3, -0.25) is 9.89 Å². The van der Waals surface area contributed by atoms with Crippen LogP contribution < -0.4 is 9.64 Å². The minimum atomic E-state index is -0.300. The van der Waals surface area contributed by atoms with Crippen molar-refractivity contribution in [1.82, 2.24) is 10.2 Å². The zero-order valence-electron chi connectivity index (χ0n) is 15.0. The lowest BCUT2D eigenvalue weighted by atomic mass is 9.97. The van der Waals surface area contributed by atoms with Crippen molar-refractivity contribution >= 4 is 11.6 Å². The summed E-state index contributed by atoms with van der Waals surface area (Å²) in [7, 11) is 1.55. The highest BCUT2D eigenvalue weighted by atomic mass is 19.1. The number of carbonyl (C=O) groups is 1. The highest BCUT2D eigenvalue weighted by Gasteiger charge is 2.33. The number of methoxy groups -OCH3 is 1. The molecule has 1 N–H and O–H groups in total. The number of hydrogen-bond acceptors (Lipinski definition) is 3. The number of halogens is 1. The molecular weight excluding hydrogens is 345 g/mol. The number of nitrogens with one attached hydrogen (secondary N) is 1. The Morgan fingerprint density at radius 1 is 1.22 bits per heavy atom. The Bertz CT molecular complexity index is 939. The van der Waals surface area contributed by atoms with Gasteiger partial charge in [0, 0.05) is 29.9 Å². The number of anilines is 1. The number of aromatic nitrogens is 2. The maximum Gasteiger partial charge on any atom is 0.230 e. The van der Waals surface area contributed by atoms with E-state index in [0.717, 1.165) is 16.8 Å². The fourth-order valence-corrected chi connectivity index (χ4v) is 3.53. The molecule has 5 nitrogen and oxygen atoms in total. The van der Waals surface area contributed by atoms with Crippen LogP contribution in [0.15, 0.2) is 54.9 Å². The summed E-state index contributed by atoms with van der Waals surface area (Å²) >= 11 is 0. The van der Waals surface area contributed by atoms with Crippen LogP contribution in [0.25, 0.3) is 11.1 Å². The lowest BCUT2D eigenvalue weighted by Gasteiger charge is -2.17. The minimum absolute atomic E-state index is 0.0354. The van der Waals surface area contributed by atoms with E-state index in [1.54, 1.807) is 30.3 Å². The molecule has 0 saturated carbocycles. The van der Waals surface area contributed by atoms with Crippen molar-refractivity contribution in [1.29, 1.82) is 0 Å². The van der Waals surface area contributed by atoms with Gasteiger partial charge in [0.05, 0.1) is 13.3 Å². The van der Waals surface area contributed by atoms with E-state index in [9.17, 15) is 9.18 Å². The van der Waals surface area contributed by atoms with Gasteiger partial charge in [-0.05, 0) is 54.3 Å². The summed E-state index contributed by atoms with van der Waals surface area (Å²) in [5.41, 5.74) is 3.42. The predicted octanol–water partition coefficient (Wildman–Crippen LogP) is 3.82. The molecule has 0 aliphatic carbocycles. The molecule has 6 heteroatoms. The van der Waals surface area contributed by atoms with Crippen LogP contribution >= 0.6 is 0 Å². The van der Waals surface area contributed by atoms with E-state index < -0.39 is 0 Å². The Morgan fingerprint density at radius 2 is 2.04 bits per heavy atom. The van der Waals surface area contributed by atoms with Crippen molar-refractivity contribution in [3.63, 3.8) is 0 Å². The second-order valence-electron chi connectivity index (χ2n) is 6.67. The Hall–Kier alpha value is -3.15. The van der Waals surface area contributed by atoms with E-state index in [2.05, 4.69) is 10.2 Å². The Balaban J connectivity index is 1.49. The van der Waals surface area contributed by atoms with E-state index in [1.165, 1.54) is 6.07 Å². The fourth-order valence-electron chi connectivity index (χ4n) is 3.53. The Labute approximate surface area is 156 Å². The summed E-state index contributed by atoms with van der Waals surface area (Å²) in [5, 5.41) is 6.74. The number of carbonyl (C=O) groups excluding carboxylic acids is 1. The zero-order valence-corrected chi connectivity index (χ0v) is 15.0. The standard InChI is InChI=1S/C21H20FN3O2/c1-27-19-6-7-20(22)16(11-19)10-15-8-9-25(21(15)26)18-4-2-14(3-5-18)17-12-23-24-13-17/h2-7,11-13,15H,8-10H2,1H3,(H,23,24). The second kappa shape index (κ2) is 7.23. The summed E-state index contributed by atoms with van der Waals surface area (Å²) < 4.78 is 19.3. The topological polar surface area (TPSA) is 58.2 Å². The van der Waals surface area contributed by atoms with E-state index in [-0.39, 0.29) is 17.6 Å². The molecule has 1 aliphatic rings. The van der Waals surface area contributed by atoms with Crippen LogP contribution in [0.3, 0.4) is 0 Å². The first-order chi connectivity index (χ1) is 13.2. The van der Waals surface area contributed by atoms with Gasteiger partial charge < -0.3 is 9.64 Å². The molecule has 1 aliphatic heterocycles. The van der Waals surface area contributed by atoms with Crippen molar-refractivity contribution in [2.45, 2.75) is 12.8 Å². The van der Waals surface area contributed by atoms with E-state index in [0.29, 0.717) is 30.7 Å². The summed E-state index contributed by atoms with van der Waals surface area (Å²) in [4.78, 5) is 14.6. The average Bonchev–Trinajstić information content (AvgIpc) is 3.35. The molecule has 1 unspecified atom stereocenters. The first kappa shape index (κ1) is 17.3. The van der Waals surface area contributed by atoms with Crippen LogP contribution in [0.5, 0.6) is 5.75 Å². The molecule has 1 fully saturated rings. The molecule has 4 rings (SSSR count). The molecule has 1 amide bonds. The number of H-pyrrole nitrogens is 1. The SMILES string of the molecule is COc1ccc(F)c(CC2CCN(c3ccc(-c4cn[nH]c4)cc3)C2=O)c1. The molecule has 3 aromatic rings. The second-order valence-corrected chi connectivity index (χ2v) is 6.67. The number of benzene rings is 2. The normalized spacial score (nSPS) is 16.7. The largest absolute Gasteiger partial charge is 0.497 e. The van der Waals surface area contributed by atoms with Gasteiger partial charge in [0.1, 0.15) is 11.6 Å². The van der Waals surface area contributed by atoms with Crippen molar-refractivity contribution in [3.8, 4) is 16.9 Å².